The van der Waals surface area contributed by atoms with E-state index in [0.29, 0.717) is 5.02 Å². The number of halogens is 4. The zero-order valence-electron chi connectivity index (χ0n) is 8.85. The molecular formula is C11H11ClF3NO. The van der Waals surface area contributed by atoms with Crippen LogP contribution in [0.15, 0.2) is 18.2 Å². The molecular weight excluding hydrogens is 255 g/mol. The van der Waals surface area contributed by atoms with Crippen molar-refractivity contribution < 1.29 is 18.0 Å². The molecule has 0 bridgehead atoms. The highest BCUT2D eigenvalue weighted by Gasteiger charge is 2.26. The van der Waals surface area contributed by atoms with Gasteiger partial charge in [0.1, 0.15) is 0 Å². The van der Waals surface area contributed by atoms with E-state index in [1.165, 1.54) is 18.2 Å². The van der Waals surface area contributed by atoms with E-state index in [-0.39, 0.29) is 24.1 Å². The van der Waals surface area contributed by atoms with E-state index in [9.17, 15) is 18.0 Å². The molecule has 0 amide bonds. The van der Waals surface area contributed by atoms with Gasteiger partial charge in [-0.1, -0.05) is 11.6 Å². The number of anilines is 1. The quantitative estimate of drug-likeness (QED) is 0.664. The maximum Gasteiger partial charge on any atom is 0.389 e. The van der Waals surface area contributed by atoms with E-state index in [0.717, 1.165) is 0 Å². The molecule has 6 heteroatoms. The van der Waals surface area contributed by atoms with Crippen LogP contribution in [0.1, 0.15) is 29.6 Å². The van der Waals surface area contributed by atoms with Crippen LogP contribution in [0.5, 0.6) is 0 Å². The minimum absolute atomic E-state index is 0.175. The van der Waals surface area contributed by atoms with E-state index in [1.807, 2.05) is 0 Å². The number of alkyl halides is 3. The lowest BCUT2D eigenvalue weighted by Crippen LogP contribution is -2.09. The minimum Gasteiger partial charge on any atom is -0.398 e. The van der Waals surface area contributed by atoms with Crippen LogP contribution in [0.25, 0.3) is 0 Å². The van der Waals surface area contributed by atoms with Crippen LogP contribution in [-0.4, -0.2) is 12.0 Å². The summed E-state index contributed by atoms with van der Waals surface area (Å²) in [6, 6.07) is 4.31. The maximum absolute atomic E-state index is 11.9. The number of hydrogen-bond acceptors (Lipinski definition) is 2. The number of Topliss-reactive ketones (excluding diaryl/α,β-unsaturated/α-hetero) is 1. The lowest BCUT2D eigenvalue weighted by Gasteiger charge is -2.07. The lowest BCUT2D eigenvalue weighted by atomic mass is 10.0. The van der Waals surface area contributed by atoms with Gasteiger partial charge in [0.2, 0.25) is 0 Å². The predicted molar refractivity (Wildman–Crippen MR) is 60.1 cm³/mol. The normalized spacial score (nSPS) is 11.5. The van der Waals surface area contributed by atoms with E-state index in [4.69, 9.17) is 17.3 Å². The topological polar surface area (TPSA) is 43.1 Å². The molecule has 0 radical (unpaired) electrons. The van der Waals surface area contributed by atoms with Gasteiger partial charge in [-0.15, -0.1) is 0 Å². The third-order valence-electron chi connectivity index (χ3n) is 2.18. The molecule has 2 nitrogen and oxygen atoms in total. The number of nitrogen functional groups attached to an aromatic ring is 1. The van der Waals surface area contributed by atoms with E-state index in [1.54, 1.807) is 0 Å². The third kappa shape index (κ3) is 4.65. The summed E-state index contributed by atoms with van der Waals surface area (Å²) in [6.45, 7) is 0. The Morgan fingerprint density at radius 1 is 1.35 bits per heavy atom. The Morgan fingerprint density at radius 2 is 2.00 bits per heavy atom. The number of ketones is 1. The van der Waals surface area contributed by atoms with Crippen molar-refractivity contribution in [2.75, 3.05) is 5.73 Å². The third-order valence-corrected chi connectivity index (χ3v) is 2.41. The predicted octanol–water partition coefficient (Wildman–Crippen LogP) is 3.84. The Kier molecular flexibility index (Phi) is 4.40. The van der Waals surface area contributed by atoms with E-state index < -0.39 is 18.4 Å². The molecule has 0 saturated carbocycles. The van der Waals surface area contributed by atoms with Gasteiger partial charge in [0, 0.05) is 29.1 Å². The van der Waals surface area contributed by atoms with Crippen molar-refractivity contribution in [2.45, 2.75) is 25.4 Å². The van der Waals surface area contributed by atoms with Crippen LogP contribution in [0.2, 0.25) is 5.02 Å². The summed E-state index contributed by atoms with van der Waals surface area (Å²) < 4.78 is 35.7. The second kappa shape index (κ2) is 5.40. The molecule has 0 aliphatic carbocycles. The molecule has 0 aromatic heterocycles. The van der Waals surface area contributed by atoms with Gasteiger partial charge in [-0.25, -0.2) is 0 Å². The van der Waals surface area contributed by atoms with Gasteiger partial charge >= 0.3 is 6.18 Å². The van der Waals surface area contributed by atoms with Crippen molar-refractivity contribution in [3.8, 4) is 0 Å². The summed E-state index contributed by atoms with van der Waals surface area (Å²) in [7, 11) is 0. The zero-order chi connectivity index (χ0) is 13.1. The number of nitrogens with two attached hydrogens (primary N) is 1. The number of benzene rings is 1. The molecule has 0 heterocycles. The molecule has 0 aliphatic heterocycles. The van der Waals surface area contributed by atoms with Gasteiger partial charge in [0.15, 0.2) is 5.78 Å². The second-order valence-corrected chi connectivity index (χ2v) is 4.06. The summed E-state index contributed by atoms with van der Waals surface area (Å²) in [5, 5.41) is 0.384. The molecule has 94 valence electrons. The van der Waals surface area contributed by atoms with Gasteiger partial charge in [-0.3, -0.25) is 4.79 Å². The highest BCUT2D eigenvalue weighted by Crippen LogP contribution is 2.24. The summed E-state index contributed by atoms with van der Waals surface area (Å²) in [5.74, 6) is -0.400. The highest BCUT2D eigenvalue weighted by molar-refractivity contribution is 6.31. The summed E-state index contributed by atoms with van der Waals surface area (Å²) >= 11 is 5.65. The average Bonchev–Trinajstić information content (AvgIpc) is 2.15. The van der Waals surface area contributed by atoms with Crippen LogP contribution < -0.4 is 5.73 Å². The van der Waals surface area contributed by atoms with Crippen LogP contribution >= 0.6 is 11.6 Å². The first-order valence-electron chi connectivity index (χ1n) is 4.94. The molecule has 2 N–H and O–H groups in total. The van der Waals surface area contributed by atoms with Gasteiger partial charge < -0.3 is 5.73 Å². The largest absolute Gasteiger partial charge is 0.398 e. The highest BCUT2D eigenvalue weighted by atomic mass is 35.5. The van der Waals surface area contributed by atoms with Crippen LogP contribution in [-0.2, 0) is 0 Å². The molecule has 1 aromatic rings. The number of hydrogen-bond donors (Lipinski definition) is 1. The van der Waals surface area contributed by atoms with Crippen molar-refractivity contribution >= 4 is 23.1 Å². The first-order valence-corrected chi connectivity index (χ1v) is 5.32. The molecule has 1 aromatic carbocycles. The molecule has 0 fully saturated rings. The lowest BCUT2D eigenvalue weighted by molar-refractivity contribution is -0.135. The molecule has 0 unspecified atom stereocenters. The summed E-state index contributed by atoms with van der Waals surface area (Å²) in [4.78, 5) is 11.6. The van der Waals surface area contributed by atoms with Crippen LogP contribution in [0.3, 0.4) is 0 Å². The Morgan fingerprint density at radius 3 is 2.53 bits per heavy atom. The molecule has 1 rings (SSSR count). The van der Waals surface area contributed by atoms with Gasteiger partial charge in [0.25, 0.3) is 0 Å². The number of carbonyl (C=O) groups is 1. The van der Waals surface area contributed by atoms with Gasteiger partial charge in [-0.05, 0) is 24.6 Å². The maximum atomic E-state index is 11.9. The van der Waals surface area contributed by atoms with Crippen molar-refractivity contribution in [2.24, 2.45) is 0 Å². The first kappa shape index (κ1) is 13.8. The summed E-state index contributed by atoms with van der Waals surface area (Å²) in [5.41, 5.74) is 5.96. The second-order valence-electron chi connectivity index (χ2n) is 3.62. The number of carbonyl (C=O) groups excluding carboxylic acids is 1. The fourth-order valence-corrected chi connectivity index (χ4v) is 1.55. The van der Waals surface area contributed by atoms with E-state index in [2.05, 4.69) is 0 Å². The van der Waals surface area contributed by atoms with Gasteiger partial charge in [-0.2, -0.15) is 13.2 Å². The Balaban J connectivity index is 2.59. The van der Waals surface area contributed by atoms with Gasteiger partial charge in [0.05, 0.1) is 0 Å². The molecule has 0 atom stereocenters. The van der Waals surface area contributed by atoms with E-state index >= 15 is 0 Å². The van der Waals surface area contributed by atoms with Crippen molar-refractivity contribution in [3.05, 3.63) is 28.8 Å². The standard InChI is InChI=1S/C11H11ClF3NO/c12-7-3-4-8(9(16)6-7)10(17)2-1-5-11(13,14)15/h3-4,6H,1-2,5,16H2. The smallest absolute Gasteiger partial charge is 0.389 e. The molecule has 0 aliphatic rings. The minimum atomic E-state index is -4.23. The number of rotatable bonds is 4. The molecule has 17 heavy (non-hydrogen) atoms. The van der Waals surface area contributed by atoms with Crippen molar-refractivity contribution in [3.63, 3.8) is 0 Å². The zero-order valence-corrected chi connectivity index (χ0v) is 9.61. The Hall–Kier alpha value is -1.23. The van der Waals surface area contributed by atoms with Crippen LogP contribution in [0.4, 0.5) is 18.9 Å². The fraction of sp³-hybridized carbons (Fsp3) is 0.364. The molecule has 0 spiro atoms. The SMILES string of the molecule is Nc1cc(Cl)ccc1C(=O)CCCC(F)(F)F. The average molecular weight is 266 g/mol. The van der Waals surface area contributed by atoms with Crippen molar-refractivity contribution in [1.29, 1.82) is 0 Å². The Bertz CT molecular complexity index is 418. The summed E-state index contributed by atoms with van der Waals surface area (Å²) in [6.07, 6.45) is -5.60. The van der Waals surface area contributed by atoms with Crippen molar-refractivity contribution in [1.82, 2.24) is 0 Å². The molecule has 0 saturated heterocycles. The van der Waals surface area contributed by atoms with Crippen LogP contribution in [0, 0.1) is 0 Å². The Labute approximate surface area is 102 Å². The monoisotopic (exact) mass is 265 g/mol. The first-order chi connectivity index (χ1) is 7.79. The fourth-order valence-electron chi connectivity index (χ4n) is 1.37.